The third kappa shape index (κ3) is 6.92. The van der Waals surface area contributed by atoms with Crippen LogP contribution >= 0.6 is 28.7 Å². The molecule has 1 aliphatic rings. The Hall–Kier alpha value is -0.0700. The van der Waals surface area contributed by atoms with Crippen molar-refractivity contribution >= 4 is 39.6 Å². The molecule has 15 heavy (non-hydrogen) atoms. The van der Waals surface area contributed by atoms with Crippen molar-refractivity contribution in [1.82, 2.24) is 5.43 Å². The number of hydrazone groups is 1. The van der Waals surface area contributed by atoms with E-state index in [0.29, 0.717) is 5.17 Å². The molecule has 2 N–H and O–H groups in total. The third-order valence-electron chi connectivity index (χ3n) is 2.01. The van der Waals surface area contributed by atoms with Crippen LogP contribution in [0, 0.1) is 5.41 Å². The van der Waals surface area contributed by atoms with Gasteiger partial charge in [-0.1, -0.05) is 18.2 Å². The first kappa shape index (κ1) is 14.9. The van der Waals surface area contributed by atoms with Crippen molar-refractivity contribution < 1.29 is 4.74 Å². The van der Waals surface area contributed by atoms with Gasteiger partial charge in [0.25, 0.3) is 0 Å². The highest BCUT2D eigenvalue weighted by Crippen LogP contribution is 2.10. The fourth-order valence-electron chi connectivity index (χ4n) is 1.23. The summed E-state index contributed by atoms with van der Waals surface area (Å²) in [5.41, 5.74) is 3.86. The van der Waals surface area contributed by atoms with Gasteiger partial charge in [-0.3, -0.25) is 10.8 Å². The second-order valence-electron chi connectivity index (χ2n) is 3.21. The SMILES string of the molecule is Br.COCCCCCC1=NNC(=N)SC1. The van der Waals surface area contributed by atoms with Gasteiger partial charge in [-0.15, -0.1) is 17.0 Å². The van der Waals surface area contributed by atoms with Crippen molar-refractivity contribution in [2.45, 2.75) is 25.7 Å². The predicted molar refractivity (Wildman–Crippen MR) is 71.4 cm³/mol. The number of hydrogen-bond donors (Lipinski definition) is 2. The summed E-state index contributed by atoms with van der Waals surface area (Å²) in [6.45, 7) is 0.851. The molecule has 0 aromatic heterocycles. The Bertz CT molecular complexity index is 223. The van der Waals surface area contributed by atoms with Gasteiger partial charge < -0.3 is 4.74 Å². The van der Waals surface area contributed by atoms with Crippen LogP contribution in [-0.2, 0) is 4.74 Å². The lowest BCUT2D eigenvalue weighted by Gasteiger charge is -2.12. The normalized spacial score (nSPS) is 15.3. The largest absolute Gasteiger partial charge is 0.385 e. The van der Waals surface area contributed by atoms with Crippen LogP contribution < -0.4 is 5.43 Å². The number of hydrogen-bond acceptors (Lipinski definition) is 4. The number of ether oxygens (including phenoxy) is 1. The number of thioether (sulfide) groups is 1. The highest BCUT2D eigenvalue weighted by molar-refractivity contribution is 8.93. The summed E-state index contributed by atoms with van der Waals surface area (Å²) in [6.07, 6.45) is 4.52. The van der Waals surface area contributed by atoms with Gasteiger partial charge in [0.2, 0.25) is 0 Å². The number of halogens is 1. The molecule has 1 rings (SSSR count). The summed E-state index contributed by atoms with van der Waals surface area (Å²) in [4.78, 5) is 0. The lowest BCUT2D eigenvalue weighted by atomic mass is 10.1. The van der Waals surface area contributed by atoms with Crippen LogP contribution in [0.25, 0.3) is 0 Å². The molecule has 4 nitrogen and oxygen atoms in total. The average Bonchev–Trinajstić information content (AvgIpc) is 2.21. The number of nitrogens with one attached hydrogen (secondary N) is 2. The van der Waals surface area contributed by atoms with Crippen LogP contribution in [0.15, 0.2) is 5.10 Å². The van der Waals surface area contributed by atoms with E-state index >= 15 is 0 Å². The highest BCUT2D eigenvalue weighted by atomic mass is 79.9. The maximum absolute atomic E-state index is 7.27. The monoisotopic (exact) mass is 295 g/mol. The number of unbranched alkanes of at least 4 members (excludes halogenated alkanes) is 2. The van der Waals surface area contributed by atoms with Crippen LogP contribution in [0.4, 0.5) is 0 Å². The summed E-state index contributed by atoms with van der Waals surface area (Å²) in [6, 6.07) is 0. The molecule has 6 heteroatoms. The summed E-state index contributed by atoms with van der Waals surface area (Å²) < 4.78 is 4.97. The highest BCUT2D eigenvalue weighted by Gasteiger charge is 2.08. The summed E-state index contributed by atoms with van der Waals surface area (Å²) >= 11 is 1.51. The minimum Gasteiger partial charge on any atom is -0.385 e. The van der Waals surface area contributed by atoms with Crippen LogP contribution in [0.1, 0.15) is 25.7 Å². The fraction of sp³-hybridized carbons (Fsp3) is 0.778. The molecular formula is C9H18BrN3OS. The molecule has 0 fully saturated rings. The van der Waals surface area contributed by atoms with E-state index in [1.807, 2.05) is 0 Å². The maximum atomic E-state index is 7.27. The molecule has 0 radical (unpaired) electrons. The number of amidine groups is 1. The van der Waals surface area contributed by atoms with Crippen molar-refractivity contribution in [3.05, 3.63) is 0 Å². The van der Waals surface area contributed by atoms with Gasteiger partial charge in [0.05, 0.1) is 0 Å². The van der Waals surface area contributed by atoms with Gasteiger partial charge >= 0.3 is 0 Å². The van der Waals surface area contributed by atoms with Crippen molar-refractivity contribution in [1.29, 1.82) is 5.41 Å². The second-order valence-corrected chi connectivity index (χ2v) is 4.20. The van der Waals surface area contributed by atoms with Crippen molar-refractivity contribution in [2.75, 3.05) is 19.5 Å². The molecule has 1 heterocycles. The zero-order valence-corrected chi connectivity index (χ0v) is 11.4. The minimum atomic E-state index is 0. The van der Waals surface area contributed by atoms with Gasteiger partial charge in [-0.2, -0.15) is 5.10 Å². The zero-order valence-electron chi connectivity index (χ0n) is 8.91. The zero-order chi connectivity index (χ0) is 10.2. The molecule has 0 amide bonds. The van der Waals surface area contributed by atoms with Gasteiger partial charge in [0, 0.05) is 25.2 Å². The maximum Gasteiger partial charge on any atom is 0.174 e. The summed E-state index contributed by atoms with van der Waals surface area (Å²) in [7, 11) is 1.73. The van der Waals surface area contributed by atoms with E-state index < -0.39 is 0 Å². The lowest BCUT2D eigenvalue weighted by molar-refractivity contribution is 0.192. The number of methoxy groups -OCH3 is 1. The quantitative estimate of drug-likeness (QED) is 0.740. The Labute approximate surface area is 106 Å². The molecule has 0 aromatic carbocycles. The Kier molecular flexibility index (Phi) is 9.13. The Balaban J connectivity index is 0.00000196. The van der Waals surface area contributed by atoms with E-state index in [9.17, 15) is 0 Å². The van der Waals surface area contributed by atoms with E-state index in [4.69, 9.17) is 10.1 Å². The van der Waals surface area contributed by atoms with E-state index in [2.05, 4.69) is 10.5 Å². The molecule has 0 spiro atoms. The first-order valence-electron chi connectivity index (χ1n) is 4.84. The molecule has 88 valence electrons. The standard InChI is InChI=1S/C9H17N3OS.BrH/c1-13-6-4-2-3-5-8-7-14-9(10)12-11-8;/h2-7H2,1H3,(H2,10,12);1H. The first-order chi connectivity index (χ1) is 6.83. The average molecular weight is 296 g/mol. The number of rotatable bonds is 6. The Morgan fingerprint density at radius 3 is 2.87 bits per heavy atom. The van der Waals surface area contributed by atoms with E-state index in [1.165, 1.54) is 23.9 Å². The third-order valence-corrected chi connectivity index (χ3v) is 2.87. The minimum absolute atomic E-state index is 0. The van der Waals surface area contributed by atoms with E-state index in [0.717, 1.165) is 31.6 Å². The van der Waals surface area contributed by atoms with Gasteiger partial charge in [-0.25, -0.2) is 0 Å². The lowest BCUT2D eigenvalue weighted by Crippen LogP contribution is -2.23. The molecule has 0 saturated carbocycles. The number of nitrogens with zero attached hydrogens (tertiary/aromatic N) is 1. The van der Waals surface area contributed by atoms with Gasteiger partial charge in [-0.05, 0) is 19.3 Å². The van der Waals surface area contributed by atoms with Crippen LogP contribution in [0.2, 0.25) is 0 Å². The van der Waals surface area contributed by atoms with Gasteiger partial charge in [0.1, 0.15) is 0 Å². The Morgan fingerprint density at radius 2 is 2.27 bits per heavy atom. The van der Waals surface area contributed by atoms with Crippen molar-refractivity contribution in [2.24, 2.45) is 5.10 Å². The van der Waals surface area contributed by atoms with Crippen LogP contribution in [0.5, 0.6) is 0 Å². The predicted octanol–water partition coefficient (Wildman–Crippen LogP) is 2.40. The molecular weight excluding hydrogens is 278 g/mol. The fourth-order valence-corrected chi connectivity index (χ4v) is 1.86. The molecule has 0 saturated heterocycles. The molecule has 0 aliphatic carbocycles. The van der Waals surface area contributed by atoms with E-state index in [-0.39, 0.29) is 17.0 Å². The topological polar surface area (TPSA) is 57.5 Å². The van der Waals surface area contributed by atoms with Crippen molar-refractivity contribution in [3.63, 3.8) is 0 Å². The first-order valence-corrected chi connectivity index (χ1v) is 5.83. The van der Waals surface area contributed by atoms with Crippen LogP contribution in [0.3, 0.4) is 0 Å². The molecule has 0 aromatic rings. The van der Waals surface area contributed by atoms with Crippen molar-refractivity contribution in [3.8, 4) is 0 Å². The second kappa shape index (κ2) is 9.18. The molecule has 0 bridgehead atoms. The smallest absolute Gasteiger partial charge is 0.174 e. The van der Waals surface area contributed by atoms with Crippen LogP contribution in [-0.4, -0.2) is 30.3 Å². The molecule has 0 atom stereocenters. The summed E-state index contributed by atoms with van der Waals surface area (Å²) in [5.74, 6) is 0.871. The van der Waals surface area contributed by atoms with Gasteiger partial charge in [0.15, 0.2) is 5.17 Å². The summed E-state index contributed by atoms with van der Waals surface area (Å²) in [5, 5.41) is 11.8. The Morgan fingerprint density at radius 1 is 1.47 bits per heavy atom. The molecule has 1 aliphatic heterocycles. The van der Waals surface area contributed by atoms with E-state index in [1.54, 1.807) is 7.11 Å². The molecule has 0 unspecified atom stereocenters.